The summed E-state index contributed by atoms with van der Waals surface area (Å²) in [5.41, 5.74) is 3.50. The van der Waals surface area contributed by atoms with Crippen molar-refractivity contribution in [1.82, 2.24) is 10.2 Å². The first-order valence-electron chi connectivity index (χ1n) is 15.7. The summed E-state index contributed by atoms with van der Waals surface area (Å²) < 4.78 is 40.8. The number of ether oxygens (including phenoxy) is 2. The molecule has 4 aromatic carbocycles. The Balaban J connectivity index is 1.85. The lowest BCUT2D eigenvalue weighted by Crippen LogP contribution is -2.53. The van der Waals surface area contributed by atoms with E-state index in [0.29, 0.717) is 35.0 Å². The zero-order chi connectivity index (χ0) is 34.8. The Hall–Kier alpha value is -4.54. The van der Waals surface area contributed by atoms with Gasteiger partial charge in [-0.3, -0.25) is 13.9 Å². The quantitative estimate of drug-likeness (QED) is 0.156. The summed E-state index contributed by atoms with van der Waals surface area (Å²) in [6.07, 6.45) is 0.921. The van der Waals surface area contributed by atoms with E-state index in [2.05, 4.69) is 5.32 Å². The van der Waals surface area contributed by atoms with Crippen LogP contribution in [0.3, 0.4) is 0 Å². The second-order valence-corrected chi connectivity index (χ2v) is 13.8. The second kappa shape index (κ2) is 16.5. The fourth-order valence-electron chi connectivity index (χ4n) is 5.48. The SMILES string of the molecule is CCCNC(=O)[C@@H](Cc1ccccc1)N(Cc1cccc(Cl)c1)C(=O)CN(c1cc(C)cc(C)c1)S(=O)(=O)c1ccc(OC)c(OC)c1. The molecule has 0 saturated carbocycles. The first-order valence-corrected chi connectivity index (χ1v) is 17.5. The molecule has 0 fully saturated rings. The lowest BCUT2D eigenvalue weighted by Gasteiger charge is -2.34. The number of nitrogens with zero attached hydrogens (tertiary/aromatic N) is 2. The molecule has 0 aliphatic heterocycles. The van der Waals surface area contributed by atoms with Crippen LogP contribution in [-0.2, 0) is 32.6 Å². The van der Waals surface area contributed by atoms with Crippen LogP contribution in [0.1, 0.15) is 35.6 Å². The molecule has 0 aromatic heterocycles. The van der Waals surface area contributed by atoms with E-state index in [4.69, 9.17) is 21.1 Å². The van der Waals surface area contributed by atoms with Crippen molar-refractivity contribution in [2.24, 2.45) is 0 Å². The fourth-order valence-corrected chi connectivity index (χ4v) is 7.11. The van der Waals surface area contributed by atoms with Gasteiger partial charge in [-0.05, 0) is 78.9 Å². The van der Waals surface area contributed by atoms with Crippen LogP contribution < -0.4 is 19.1 Å². The number of nitrogens with one attached hydrogen (secondary N) is 1. The summed E-state index contributed by atoms with van der Waals surface area (Å²) in [5, 5.41) is 3.42. The van der Waals surface area contributed by atoms with Gasteiger partial charge in [-0.1, -0.05) is 67.1 Å². The van der Waals surface area contributed by atoms with Gasteiger partial charge in [0.1, 0.15) is 12.6 Å². The Kier molecular flexibility index (Phi) is 12.5. The standard InChI is InChI=1S/C37H42ClN3O6S/c1-6-17-39-37(43)33(22-28-11-8-7-9-12-28)40(24-29-13-10-14-30(38)21-29)36(42)25-41(31-19-26(2)18-27(3)20-31)48(44,45)32-15-16-34(46-4)35(23-32)47-5/h7-16,18-21,23,33H,6,17,22,24-25H2,1-5H3,(H,39,43)/t33-/m1/s1. The van der Waals surface area contributed by atoms with Crippen molar-refractivity contribution in [2.75, 3.05) is 31.6 Å². The van der Waals surface area contributed by atoms with Gasteiger partial charge in [-0.25, -0.2) is 8.42 Å². The van der Waals surface area contributed by atoms with Gasteiger partial charge in [0, 0.05) is 30.6 Å². The highest BCUT2D eigenvalue weighted by molar-refractivity contribution is 7.92. The average molecular weight is 692 g/mol. The molecule has 0 spiro atoms. The number of benzene rings is 4. The normalized spacial score (nSPS) is 11.8. The summed E-state index contributed by atoms with van der Waals surface area (Å²) in [4.78, 5) is 29.8. The Bertz CT molecular complexity index is 1810. The van der Waals surface area contributed by atoms with Gasteiger partial charge in [0.25, 0.3) is 10.0 Å². The molecule has 2 amide bonds. The predicted octanol–water partition coefficient (Wildman–Crippen LogP) is 6.34. The third kappa shape index (κ3) is 9.08. The molecule has 0 aliphatic carbocycles. The number of halogens is 1. The van der Waals surface area contributed by atoms with Gasteiger partial charge in [0.05, 0.1) is 24.8 Å². The van der Waals surface area contributed by atoms with Gasteiger partial charge < -0.3 is 19.7 Å². The minimum Gasteiger partial charge on any atom is -0.493 e. The van der Waals surface area contributed by atoms with E-state index in [1.807, 2.05) is 63.2 Å². The molecule has 48 heavy (non-hydrogen) atoms. The summed E-state index contributed by atoms with van der Waals surface area (Å²) in [6, 6.07) is 25.2. The van der Waals surface area contributed by atoms with Crippen molar-refractivity contribution in [3.8, 4) is 11.5 Å². The van der Waals surface area contributed by atoms with Gasteiger partial charge in [-0.15, -0.1) is 0 Å². The van der Waals surface area contributed by atoms with E-state index in [1.54, 1.807) is 30.3 Å². The molecule has 9 nitrogen and oxygen atoms in total. The van der Waals surface area contributed by atoms with Gasteiger partial charge >= 0.3 is 0 Å². The number of rotatable bonds is 15. The number of hydrogen-bond donors (Lipinski definition) is 1. The Morgan fingerprint density at radius 3 is 2.12 bits per heavy atom. The molecule has 1 atom stereocenters. The number of amides is 2. The zero-order valence-electron chi connectivity index (χ0n) is 27.9. The zero-order valence-corrected chi connectivity index (χ0v) is 29.5. The van der Waals surface area contributed by atoms with E-state index in [-0.39, 0.29) is 29.5 Å². The van der Waals surface area contributed by atoms with Crippen molar-refractivity contribution < 1.29 is 27.5 Å². The first kappa shape index (κ1) is 36.3. The summed E-state index contributed by atoms with van der Waals surface area (Å²) >= 11 is 6.33. The van der Waals surface area contributed by atoms with Gasteiger partial charge in [0.15, 0.2) is 11.5 Å². The number of anilines is 1. The van der Waals surface area contributed by atoms with E-state index >= 15 is 0 Å². The monoisotopic (exact) mass is 691 g/mol. The molecule has 0 saturated heterocycles. The maximum atomic E-state index is 14.7. The summed E-state index contributed by atoms with van der Waals surface area (Å²) in [5.74, 6) is -0.314. The lowest BCUT2D eigenvalue weighted by molar-refractivity contribution is -0.140. The largest absolute Gasteiger partial charge is 0.493 e. The Morgan fingerprint density at radius 2 is 1.50 bits per heavy atom. The Morgan fingerprint density at radius 1 is 0.833 bits per heavy atom. The molecule has 1 N–H and O–H groups in total. The number of carbonyl (C=O) groups is 2. The van der Waals surface area contributed by atoms with Crippen molar-refractivity contribution >= 4 is 39.1 Å². The molecule has 0 radical (unpaired) electrons. The van der Waals surface area contributed by atoms with Crippen LogP contribution in [0.2, 0.25) is 5.02 Å². The van der Waals surface area contributed by atoms with Crippen molar-refractivity contribution in [2.45, 2.75) is 51.1 Å². The summed E-state index contributed by atoms with van der Waals surface area (Å²) in [7, 11) is -1.46. The third-order valence-corrected chi connectivity index (χ3v) is 9.78. The average Bonchev–Trinajstić information content (AvgIpc) is 3.07. The van der Waals surface area contributed by atoms with E-state index in [9.17, 15) is 18.0 Å². The van der Waals surface area contributed by atoms with E-state index < -0.39 is 28.5 Å². The van der Waals surface area contributed by atoms with Crippen LogP contribution in [0.4, 0.5) is 5.69 Å². The lowest BCUT2D eigenvalue weighted by atomic mass is 10.0. The molecule has 11 heteroatoms. The van der Waals surface area contributed by atoms with Crippen LogP contribution in [0.5, 0.6) is 11.5 Å². The molecule has 4 aromatic rings. The molecule has 4 rings (SSSR count). The second-order valence-electron chi connectivity index (χ2n) is 11.5. The molecule has 0 unspecified atom stereocenters. The topological polar surface area (TPSA) is 105 Å². The maximum absolute atomic E-state index is 14.7. The molecule has 254 valence electrons. The highest BCUT2D eigenvalue weighted by atomic mass is 35.5. The van der Waals surface area contributed by atoms with E-state index in [0.717, 1.165) is 21.0 Å². The molecule has 0 heterocycles. The number of aryl methyl sites for hydroxylation is 2. The van der Waals surface area contributed by atoms with Crippen LogP contribution in [-0.4, -0.2) is 58.5 Å². The minimum atomic E-state index is -4.34. The van der Waals surface area contributed by atoms with Crippen LogP contribution in [0.15, 0.2) is 95.9 Å². The Labute approximate surface area is 288 Å². The van der Waals surface area contributed by atoms with Crippen molar-refractivity contribution in [1.29, 1.82) is 0 Å². The molecule has 0 aliphatic rings. The predicted molar refractivity (Wildman–Crippen MR) is 189 cm³/mol. The number of hydrogen-bond acceptors (Lipinski definition) is 6. The third-order valence-electron chi connectivity index (χ3n) is 7.78. The highest BCUT2D eigenvalue weighted by Gasteiger charge is 2.35. The van der Waals surface area contributed by atoms with E-state index in [1.165, 1.54) is 37.3 Å². The highest BCUT2D eigenvalue weighted by Crippen LogP contribution is 2.33. The van der Waals surface area contributed by atoms with Crippen molar-refractivity contribution in [3.63, 3.8) is 0 Å². The molecular weight excluding hydrogens is 650 g/mol. The number of carbonyl (C=O) groups excluding carboxylic acids is 2. The van der Waals surface area contributed by atoms with Gasteiger partial charge in [0.2, 0.25) is 11.8 Å². The smallest absolute Gasteiger partial charge is 0.264 e. The van der Waals surface area contributed by atoms with Crippen molar-refractivity contribution in [3.05, 3.63) is 118 Å². The molecule has 0 bridgehead atoms. The maximum Gasteiger partial charge on any atom is 0.264 e. The fraction of sp³-hybridized carbons (Fsp3) is 0.297. The number of methoxy groups -OCH3 is 2. The minimum absolute atomic E-state index is 0.0214. The first-order chi connectivity index (χ1) is 23.0. The number of sulfonamides is 1. The van der Waals surface area contributed by atoms with Crippen LogP contribution in [0.25, 0.3) is 0 Å². The van der Waals surface area contributed by atoms with Gasteiger partial charge in [-0.2, -0.15) is 0 Å². The van der Waals surface area contributed by atoms with Crippen LogP contribution >= 0.6 is 11.6 Å². The summed E-state index contributed by atoms with van der Waals surface area (Å²) in [6.45, 7) is 5.53. The van der Waals surface area contributed by atoms with Crippen LogP contribution in [0, 0.1) is 13.8 Å². The molecular formula is C37H42ClN3O6S.